The number of hydrogen-bond donors (Lipinski definition) is 1. The molecule has 0 radical (unpaired) electrons. The van der Waals surface area contributed by atoms with Crippen LogP contribution in [0.3, 0.4) is 0 Å². The van der Waals surface area contributed by atoms with Gasteiger partial charge in [-0.3, -0.25) is 4.79 Å². The molecule has 3 rings (SSSR count). The van der Waals surface area contributed by atoms with Crippen LogP contribution in [0.2, 0.25) is 0 Å². The third-order valence-electron chi connectivity index (χ3n) is 5.10. The molecule has 0 spiro atoms. The average Bonchev–Trinajstić information content (AvgIpc) is 2.96. The molecule has 2 N–H and O–H groups in total. The van der Waals surface area contributed by atoms with Crippen molar-refractivity contribution in [1.82, 2.24) is 0 Å². The summed E-state index contributed by atoms with van der Waals surface area (Å²) >= 11 is 0. The van der Waals surface area contributed by atoms with Crippen molar-refractivity contribution < 1.29 is 23.7 Å². The van der Waals surface area contributed by atoms with Crippen molar-refractivity contribution in [2.24, 2.45) is 5.73 Å². The molecule has 2 aromatic rings. The quantitative estimate of drug-likeness (QED) is 0.714. The number of ether oxygens (including phenoxy) is 5. The van der Waals surface area contributed by atoms with Crippen LogP contribution in [0.25, 0.3) is 11.1 Å². The summed E-state index contributed by atoms with van der Waals surface area (Å²) in [5, 5.41) is 0. The van der Waals surface area contributed by atoms with E-state index in [4.69, 9.17) is 29.4 Å². The van der Waals surface area contributed by atoms with E-state index in [0.29, 0.717) is 43.3 Å². The van der Waals surface area contributed by atoms with Crippen LogP contribution in [0.15, 0.2) is 29.1 Å². The van der Waals surface area contributed by atoms with Crippen molar-refractivity contribution in [1.29, 1.82) is 0 Å². The number of nitrogens with two attached hydrogens (primary N) is 1. The molecule has 1 unspecified atom stereocenters. The van der Waals surface area contributed by atoms with Gasteiger partial charge in [0.1, 0.15) is 6.61 Å². The Labute approximate surface area is 170 Å². The van der Waals surface area contributed by atoms with Crippen molar-refractivity contribution >= 4 is 0 Å². The molecule has 0 fully saturated rings. The van der Waals surface area contributed by atoms with E-state index in [1.165, 1.54) is 7.11 Å². The SMILES string of the molecule is COCCOc1c(OC)c(OC)cc2c1-c1ccc(OC)c(=O)cc1C(N)CC2. The van der Waals surface area contributed by atoms with Gasteiger partial charge in [0, 0.05) is 18.7 Å². The molecule has 2 aromatic carbocycles. The Morgan fingerprint density at radius 3 is 2.38 bits per heavy atom. The van der Waals surface area contributed by atoms with Crippen LogP contribution < -0.4 is 30.1 Å². The summed E-state index contributed by atoms with van der Waals surface area (Å²) in [6.07, 6.45) is 1.39. The number of hydrogen-bond acceptors (Lipinski definition) is 7. The van der Waals surface area contributed by atoms with Crippen LogP contribution in [0, 0.1) is 0 Å². The van der Waals surface area contributed by atoms with Gasteiger partial charge in [-0.1, -0.05) is 6.07 Å². The number of benzene rings is 1. The lowest BCUT2D eigenvalue weighted by Crippen LogP contribution is -2.12. The van der Waals surface area contributed by atoms with E-state index < -0.39 is 0 Å². The molecular formula is C22H27NO6. The first kappa shape index (κ1) is 21.0. The fraction of sp³-hybridized carbons (Fsp3) is 0.409. The molecule has 7 nitrogen and oxygen atoms in total. The van der Waals surface area contributed by atoms with Crippen molar-refractivity contribution in [2.75, 3.05) is 41.7 Å². The van der Waals surface area contributed by atoms with Gasteiger partial charge in [-0.05, 0) is 47.7 Å². The highest BCUT2D eigenvalue weighted by Crippen LogP contribution is 2.50. The standard InChI is InChI=1S/C22H27NO6/c1-25-9-10-29-22-20-13(11-19(27-3)21(22)28-4)5-7-16(23)15-12-17(24)18(26-2)8-6-14(15)20/h6,8,11-12,16H,5,7,9-10,23H2,1-4H3. The minimum atomic E-state index is -0.300. The summed E-state index contributed by atoms with van der Waals surface area (Å²) in [5.74, 6) is 1.88. The maximum Gasteiger partial charge on any atom is 0.220 e. The fourth-order valence-corrected chi connectivity index (χ4v) is 3.67. The van der Waals surface area contributed by atoms with Gasteiger partial charge in [0.15, 0.2) is 17.2 Å². The molecule has 1 atom stereocenters. The number of methoxy groups -OCH3 is 4. The lowest BCUT2D eigenvalue weighted by molar-refractivity contribution is 0.144. The molecule has 0 saturated carbocycles. The summed E-state index contributed by atoms with van der Waals surface area (Å²) in [6.45, 7) is 0.756. The average molecular weight is 401 g/mol. The monoisotopic (exact) mass is 401 g/mol. The summed E-state index contributed by atoms with van der Waals surface area (Å²) in [7, 11) is 6.25. The second-order valence-corrected chi connectivity index (χ2v) is 6.74. The lowest BCUT2D eigenvalue weighted by atomic mass is 9.95. The Balaban J connectivity index is 2.35. The summed E-state index contributed by atoms with van der Waals surface area (Å²) < 4.78 is 27.6. The fourth-order valence-electron chi connectivity index (χ4n) is 3.67. The van der Waals surface area contributed by atoms with Crippen LogP contribution in [0.5, 0.6) is 23.0 Å². The van der Waals surface area contributed by atoms with E-state index >= 15 is 0 Å². The van der Waals surface area contributed by atoms with Crippen LogP contribution in [0.1, 0.15) is 23.6 Å². The molecule has 0 heterocycles. The zero-order chi connectivity index (χ0) is 21.0. The molecule has 7 heteroatoms. The Bertz CT molecular complexity index is 943. The Hall–Kier alpha value is -2.77. The maximum absolute atomic E-state index is 12.5. The number of aryl methyl sites for hydroxylation is 1. The van der Waals surface area contributed by atoms with Crippen molar-refractivity contribution in [3.63, 3.8) is 0 Å². The van der Waals surface area contributed by atoms with E-state index in [1.54, 1.807) is 33.5 Å². The van der Waals surface area contributed by atoms with Crippen LogP contribution in [-0.2, 0) is 11.2 Å². The second-order valence-electron chi connectivity index (χ2n) is 6.74. The molecule has 1 aliphatic rings. The first-order valence-electron chi connectivity index (χ1n) is 9.43. The molecule has 0 saturated heterocycles. The minimum absolute atomic E-state index is 0.213. The number of fused-ring (bicyclic) bond motifs is 3. The van der Waals surface area contributed by atoms with E-state index in [1.807, 2.05) is 12.1 Å². The summed E-state index contributed by atoms with van der Waals surface area (Å²) in [5.41, 5.74) is 9.67. The first-order chi connectivity index (χ1) is 14.0. The summed E-state index contributed by atoms with van der Waals surface area (Å²) in [6, 6.07) is 6.73. The van der Waals surface area contributed by atoms with Gasteiger partial charge in [-0.2, -0.15) is 0 Å². The van der Waals surface area contributed by atoms with Gasteiger partial charge in [-0.25, -0.2) is 0 Å². The highest BCUT2D eigenvalue weighted by Gasteiger charge is 2.28. The largest absolute Gasteiger partial charge is 0.493 e. The van der Waals surface area contributed by atoms with Crippen molar-refractivity contribution in [3.8, 4) is 34.1 Å². The highest BCUT2D eigenvalue weighted by molar-refractivity contribution is 5.82. The Kier molecular flexibility index (Phi) is 6.61. The van der Waals surface area contributed by atoms with Crippen molar-refractivity contribution in [2.45, 2.75) is 18.9 Å². The van der Waals surface area contributed by atoms with E-state index in [2.05, 4.69) is 0 Å². The van der Waals surface area contributed by atoms with E-state index in [0.717, 1.165) is 22.3 Å². The van der Waals surface area contributed by atoms with Gasteiger partial charge in [0.25, 0.3) is 0 Å². The molecule has 0 amide bonds. The van der Waals surface area contributed by atoms with Gasteiger partial charge >= 0.3 is 0 Å². The topological polar surface area (TPSA) is 89.2 Å². The maximum atomic E-state index is 12.5. The van der Waals surface area contributed by atoms with Crippen molar-refractivity contribution in [3.05, 3.63) is 45.6 Å². The molecule has 156 valence electrons. The zero-order valence-corrected chi connectivity index (χ0v) is 17.2. The predicted octanol–water partition coefficient (Wildman–Crippen LogP) is 2.71. The number of rotatable bonds is 7. The first-order valence-corrected chi connectivity index (χ1v) is 9.43. The second kappa shape index (κ2) is 9.15. The normalized spacial score (nSPS) is 15.0. The lowest BCUT2D eigenvalue weighted by Gasteiger charge is -2.20. The highest BCUT2D eigenvalue weighted by atomic mass is 16.5. The third kappa shape index (κ3) is 4.02. The molecule has 0 bridgehead atoms. The van der Waals surface area contributed by atoms with E-state index in [9.17, 15) is 4.79 Å². The van der Waals surface area contributed by atoms with Gasteiger partial charge in [-0.15, -0.1) is 0 Å². The smallest absolute Gasteiger partial charge is 0.220 e. The van der Waals surface area contributed by atoms with Crippen LogP contribution >= 0.6 is 0 Å². The predicted molar refractivity (Wildman–Crippen MR) is 110 cm³/mol. The van der Waals surface area contributed by atoms with Gasteiger partial charge in [0.05, 0.1) is 27.9 Å². The molecule has 0 aromatic heterocycles. The third-order valence-corrected chi connectivity index (χ3v) is 5.10. The van der Waals surface area contributed by atoms with Gasteiger partial charge in [0.2, 0.25) is 11.2 Å². The van der Waals surface area contributed by atoms with Crippen LogP contribution in [-0.4, -0.2) is 41.7 Å². The Morgan fingerprint density at radius 2 is 1.72 bits per heavy atom. The molecule has 0 aliphatic heterocycles. The zero-order valence-electron chi connectivity index (χ0n) is 17.2. The Morgan fingerprint density at radius 1 is 0.966 bits per heavy atom. The van der Waals surface area contributed by atoms with Gasteiger partial charge < -0.3 is 29.4 Å². The molecule has 29 heavy (non-hydrogen) atoms. The minimum Gasteiger partial charge on any atom is -0.493 e. The molecular weight excluding hydrogens is 374 g/mol. The molecule has 1 aliphatic carbocycles. The van der Waals surface area contributed by atoms with Crippen LogP contribution in [0.4, 0.5) is 0 Å². The summed E-state index contributed by atoms with van der Waals surface area (Å²) in [4.78, 5) is 12.5. The van der Waals surface area contributed by atoms with E-state index in [-0.39, 0.29) is 17.2 Å².